The Hall–Kier alpha value is -2.28. The van der Waals surface area contributed by atoms with Crippen molar-refractivity contribution in [1.29, 1.82) is 0 Å². The minimum atomic E-state index is -0.649. The standard InChI is InChI=1S/C16H14BrN5O/c1-16(14-6-15-19-7-12(17)9-22(15)20-14)13-8-18-4-2-11(13)3-5-21(16)10-23/h2,4,6-10H,3,5H2,1H3. The highest BCUT2D eigenvalue weighted by molar-refractivity contribution is 9.10. The number of nitrogens with zero attached hydrogens (tertiary/aromatic N) is 5. The first kappa shape index (κ1) is 14.3. The molecule has 1 amide bonds. The lowest BCUT2D eigenvalue weighted by Gasteiger charge is -2.42. The summed E-state index contributed by atoms with van der Waals surface area (Å²) in [6.07, 6.45) is 8.92. The van der Waals surface area contributed by atoms with Crippen LogP contribution >= 0.6 is 15.9 Å². The number of pyridine rings is 1. The van der Waals surface area contributed by atoms with Gasteiger partial charge in [-0.3, -0.25) is 9.78 Å². The summed E-state index contributed by atoms with van der Waals surface area (Å²) in [4.78, 5) is 22.1. The molecule has 0 bridgehead atoms. The monoisotopic (exact) mass is 371 g/mol. The minimum Gasteiger partial charge on any atom is -0.330 e. The van der Waals surface area contributed by atoms with Gasteiger partial charge in [-0.05, 0) is 40.9 Å². The summed E-state index contributed by atoms with van der Waals surface area (Å²) >= 11 is 3.40. The second-order valence-corrected chi connectivity index (χ2v) is 6.67. The molecule has 0 aliphatic carbocycles. The number of rotatable bonds is 2. The fourth-order valence-corrected chi connectivity index (χ4v) is 3.53. The Morgan fingerprint density at radius 2 is 2.26 bits per heavy atom. The van der Waals surface area contributed by atoms with Crippen molar-refractivity contribution < 1.29 is 4.79 Å². The predicted molar refractivity (Wildman–Crippen MR) is 87.9 cm³/mol. The van der Waals surface area contributed by atoms with Gasteiger partial charge in [0.15, 0.2) is 5.65 Å². The van der Waals surface area contributed by atoms with Crippen molar-refractivity contribution in [2.24, 2.45) is 0 Å². The summed E-state index contributed by atoms with van der Waals surface area (Å²) in [5.74, 6) is 0. The van der Waals surface area contributed by atoms with E-state index in [0.29, 0.717) is 6.54 Å². The van der Waals surface area contributed by atoms with Crippen LogP contribution in [-0.4, -0.2) is 37.4 Å². The number of hydrogen-bond acceptors (Lipinski definition) is 4. The topological polar surface area (TPSA) is 63.4 Å². The molecular formula is C16H14BrN5O. The van der Waals surface area contributed by atoms with Crippen molar-refractivity contribution in [2.45, 2.75) is 18.9 Å². The predicted octanol–water partition coefficient (Wildman–Crippen LogP) is 2.16. The molecule has 7 heteroatoms. The van der Waals surface area contributed by atoms with Crippen molar-refractivity contribution in [1.82, 2.24) is 24.5 Å². The fraction of sp³-hybridized carbons (Fsp3) is 0.250. The highest BCUT2D eigenvalue weighted by Crippen LogP contribution is 2.39. The van der Waals surface area contributed by atoms with E-state index in [4.69, 9.17) is 0 Å². The van der Waals surface area contributed by atoms with Gasteiger partial charge in [0.25, 0.3) is 0 Å². The summed E-state index contributed by atoms with van der Waals surface area (Å²) in [6, 6.07) is 3.94. The molecule has 1 aliphatic rings. The van der Waals surface area contributed by atoms with Crippen molar-refractivity contribution in [3.05, 3.63) is 58.2 Å². The molecule has 3 aromatic heterocycles. The number of fused-ring (bicyclic) bond motifs is 2. The van der Waals surface area contributed by atoms with Crippen LogP contribution in [0.3, 0.4) is 0 Å². The molecule has 3 aromatic rings. The number of hydrogen-bond donors (Lipinski definition) is 0. The first-order valence-electron chi connectivity index (χ1n) is 7.30. The maximum absolute atomic E-state index is 11.7. The van der Waals surface area contributed by atoms with Gasteiger partial charge >= 0.3 is 0 Å². The zero-order valence-electron chi connectivity index (χ0n) is 12.5. The molecule has 116 valence electrons. The van der Waals surface area contributed by atoms with E-state index < -0.39 is 5.54 Å². The summed E-state index contributed by atoms with van der Waals surface area (Å²) in [7, 11) is 0. The van der Waals surface area contributed by atoms with Gasteiger partial charge in [-0.25, -0.2) is 9.50 Å². The van der Waals surface area contributed by atoms with Crippen LogP contribution in [0.25, 0.3) is 5.65 Å². The third-order valence-corrected chi connectivity index (χ3v) is 4.95. The zero-order chi connectivity index (χ0) is 16.0. The van der Waals surface area contributed by atoms with E-state index in [0.717, 1.165) is 34.2 Å². The zero-order valence-corrected chi connectivity index (χ0v) is 14.1. The van der Waals surface area contributed by atoms with Gasteiger partial charge in [0, 0.05) is 43.0 Å². The van der Waals surface area contributed by atoms with E-state index in [1.807, 2.05) is 31.5 Å². The van der Waals surface area contributed by atoms with E-state index in [-0.39, 0.29) is 0 Å². The van der Waals surface area contributed by atoms with Crippen molar-refractivity contribution >= 4 is 28.0 Å². The maximum atomic E-state index is 11.7. The normalized spacial score (nSPS) is 20.5. The van der Waals surface area contributed by atoms with E-state index in [9.17, 15) is 4.79 Å². The van der Waals surface area contributed by atoms with Crippen LogP contribution < -0.4 is 0 Å². The lowest BCUT2D eigenvalue weighted by Crippen LogP contribution is -2.49. The number of aromatic nitrogens is 4. The molecule has 0 saturated heterocycles. The molecule has 1 unspecified atom stereocenters. The van der Waals surface area contributed by atoms with Gasteiger partial charge in [-0.2, -0.15) is 5.10 Å². The van der Waals surface area contributed by atoms with Gasteiger partial charge in [0.1, 0.15) is 5.54 Å². The third-order valence-electron chi connectivity index (χ3n) is 4.54. The van der Waals surface area contributed by atoms with Crippen LogP contribution in [0.5, 0.6) is 0 Å². The first-order chi connectivity index (χ1) is 11.1. The Morgan fingerprint density at radius 1 is 1.39 bits per heavy atom. The fourth-order valence-electron chi connectivity index (χ4n) is 3.23. The van der Waals surface area contributed by atoms with E-state index in [1.165, 1.54) is 5.56 Å². The minimum absolute atomic E-state index is 0.649. The lowest BCUT2D eigenvalue weighted by molar-refractivity contribution is -0.123. The Morgan fingerprint density at radius 3 is 3.09 bits per heavy atom. The number of halogens is 1. The largest absolute Gasteiger partial charge is 0.330 e. The van der Waals surface area contributed by atoms with Gasteiger partial charge in [0.2, 0.25) is 6.41 Å². The van der Waals surface area contributed by atoms with E-state index >= 15 is 0 Å². The van der Waals surface area contributed by atoms with Gasteiger partial charge in [0.05, 0.1) is 10.2 Å². The van der Waals surface area contributed by atoms with Crippen LogP contribution in [0.15, 0.2) is 41.4 Å². The highest BCUT2D eigenvalue weighted by atomic mass is 79.9. The first-order valence-corrected chi connectivity index (χ1v) is 8.09. The highest BCUT2D eigenvalue weighted by Gasteiger charge is 2.42. The van der Waals surface area contributed by atoms with Crippen molar-refractivity contribution in [3.63, 3.8) is 0 Å². The number of carbonyl (C=O) groups is 1. The Labute approximate surface area is 141 Å². The van der Waals surface area contributed by atoms with Crippen molar-refractivity contribution in [2.75, 3.05) is 6.54 Å². The molecule has 6 nitrogen and oxygen atoms in total. The van der Waals surface area contributed by atoms with Gasteiger partial charge in [-0.15, -0.1) is 0 Å². The Bertz CT molecular complexity index is 908. The quantitative estimate of drug-likeness (QED) is 0.647. The average molecular weight is 372 g/mol. The molecule has 1 aliphatic heterocycles. The summed E-state index contributed by atoms with van der Waals surface area (Å²) in [5.41, 5.74) is 3.09. The van der Waals surface area contributed by atoms with Crippen LogP contribution in [0, 0.1) is 0 Å². The molecule has 4 rings (SSSR count). The molecule has 0 radical (unpaired) electrons. The second-order valence-electron chi connectivity index (χ2n) is 5.76. The van der Waals surface area contributed by atoms with Crippen LogP contribution in [0.4, 0.5) is 0 Å². The van der Waals surface area contributed by atoms with Gasteiger partial charge < -0.3 is 4.90 Å². The molecule has 0 aromatic carbocycles. The van der Waals surface area contributed by atoms with Crippen LogP contribution in [-0.2, 0) is 16.8 Å². The van der Waals surface area contributed by atoms with Gasteiger partial charge in [-0.1, -0.05) is 0 Å². The van der Waals surface area contributed by atoms with Crippen LogP contribution in [0.2, 0.25) is 0 Å². The molecule has 0 fully saturated rings. The average Bonchev–Trinajstić information content (AvgIpc) is 2.99. The maximum Gasteiger partial charge on any atom is 0.210 e. The molecule has 4 heterocycles. The Balaban J connectivity index is 1.96. The molecular weight excluding hydrogens is 358 g/mol. The van der Waals surface area contributed by atoms with E-state index in [2.05, 4.69) is 31.0 Å². The summed E-state index contributed by atoms with van der Waals surface area (Å²) in [5, 5.41) is 4.66. The third kappa shape index (κ3) is 2.07. The molecule has 23 heavy (non-hydrogen) atoms. The SMILES string of the molecule is CC1(c2cc3ncc(Br)cn3n2)c2cnccc2CCN1C=O. The molecule has 0 saturated carbocycles. The smallest absolute Gasteiger partial charge is 0.210 e. The number of carbonyl (C=O) groups excluding carboxylic acids is 1. The molecule has 1 atom stereocenters. The Kier molecular flexibility index (Phi) is 3.19. The lowest BCUT2D eigenvalue weighted by atomic mass is 9.81. The van der Waals surface area contributed by atoms with Crippen LogP contribution in [0.1, 0.15) is 23.7 Å². The summed E-state index contributed by atoms with van der Waals surface area (Å²) < 4.78 is 2.57. The molecule has 0 N–H and O–H groups in total. The summed E-state index contributed by atoms with van der Waals surface area (Å²) in [6.45, 7) is 2.67. The second kappa shape index (κ2) is 5.13. The molecule has 0 spiro atoms. The van der Waals surface area contributed by atoms with Crippen molar-refractivity contribution in [3.8, 4) is 0 Å². The van der Waals surface area contributed by atoms with E-state index in [1.54, 1.807) is 21.8 Å². The number of amides is 1.